The van der Waals surface area contributed by atoms with E-state index >= 15 is 0 Å². The Morgan fingerprint density at radius 2 is 1.94 bits per heavy atom. The van der Waals surface area contributed by atoms with Crippen LogP contribution in [0.25, 0.3) is 11.0 Å². The average Bonchev–Trinajstić information content (AvgIpc) is 3.15. The van der Waals surface area contributed by atoms with Crippen molar-refractivity contribution >= 4 is 51.8 Å². The second kappa shape index (κ2) is 10.2. The van der Waals surface area contributed by atoms with Crippen molar-refractivity contribution in [3.63, 3.8) is 0 Å². The Balaban J connectivity index is 0.00000272. The van der Waals surface area contributed by atoms with E-state index in [0.717, 1.165) is 33.6 Å². The van der Waals surface area contributed by atoms with Crippen molar-refractivity contribution in [2.45, 2.75) is 44.4 Å². The van der Waals surface area contributed by atoms with Gasteiger partial charge in [-0.2, -0.15) is 4.98 Å². The molecule has 1 saturated heterocycles. The van der Waals surface area contributed by atoms with E-state index in [9.17, 15) is 4.55 Å². The maximum atomic E-state index is 12.9. The van der Waals surface area contributed by atoms with E-state index in [2.05, 4.69) is 15.0 Å². The predicted octanol–water partition coefficient (Wildman–Crippen LogP) is 3.01. The van der Waals surface area contributed by atoms with Crippen LogP contribution in [-0.2, 0) is 26.4 Å². The van der Waals surface area contributed by atoms with Crippen LogP contribution in [0, 0.1) is 19.8 Å². The number of benzene rings is 1. The van der Waals surface area contributed by atoms with Gasteiger partial charge in [0, 0.05) is 34.4 Å². The second-order valence-corrected chi connectivity index (χ2v) is 9.46. The summed E-state index contributed by atoms with van der Waals surface area (Å²) in [5, 5.41) is 0.458. The number of aromatic nitrogens is 3. The van der Waals surface area contributed by atoms with E-state index in [0.29, 0.717) is 25.0 Å². The summed E-state index contributed by atoms with van der Waals surface area (Å²) in [5.74, 6) is 0.684. The van der Waals surface area contributed by atoms with Crippen LogP contribution in [-0.4, -0.2) is 74.7 Å². The first-order chi connectivity index (χ1) is 14.3. The molecule has 0 saturated carbocycles. The first-order valence-electron chi connectivity index (χ1n) is 10.0. The molecule has 7 nitrogen and oxygen atoms in total. The number of fused-ring (bicyclic) bond motifs is 1. The van der Waals surface area contributed by atoms with Crippen LogP contribution in [0.15, 0.2) is 35.6 Å². The normalized spacial score (nSPS) is 17.3. The summed E-state index contributed by atoms with van der Waals surface area (Å²) < 4.78 is 30.5. The van der Waals surface area contributed by atoms with Gasteiger partial charge in [0.2, 0.25) is 0 Å². The van der Waals surface area contributed by atoms with E-state index in [4.69, 9.17) is 14.2 Å². The van der Waals surface area contributed by atoms with Crippen LogP contribution < -0.4 is 4.74 Å². The van der Waals surface area contributed by atoms with Gasteiger partial charge in [0.15, 0.2) is 11.5 Å². The standard InChI is InChI=1S/C22H27N3O4S.Na.H/c1-14-9-23-19(13-30(26)21-24-17-7-5-6-8-18(17)25-21)15(2)20(14)27-10-16-11-28-22(3,4)29-12-16;;/h5-9,16H,10-13H2,1-4H3,(H,24,25);;. The molecule has 0 amide bonds. The zero-order valence-corrected chi connectivity index (χ0v) is 18.5. The summed E-state index contributed by atoms with van der Waals surface area (Å²) in [7, 11) is 0. The summed E-state index contributed by atoms with van der Waals surface area (Å²) in [6.07, 6.45) is 1.77. The zero-order chi connectivity index (χ0) is 21.3. The van der Waals surface area contributed by atoms with Crippen LogP contribution in [0.3, 0.4) is 0 Å². The molecule has 0 spiro atoms. The van der Waals surface area contributed by atoms with Crippen molar-refractivity contribution in [2.24, 2.45) is 5.92 Å². The maximum absolute atomic E-state index is 12.9. The molecule has 1 aliphatic rings. The molecule has 2 aromatic heterocycles. The Morgan fingerprint density at radius 3 is 2.65 bits per heavy atom. The van der Waals surface area contributed by atoms with Gasteiger partial charge in [-0.25, -0.2) is 0 Å². The number of rotatable bonds is 6. The molecule has 0 radical (unpaired) electrons. The van der Waals surface area contributed by atoms with E-state index in [-0.39, 0.29) is 41.2 Å². The van der Waals surface area contributed by atoms with Crippen molar-refractivity contribution < 1.29 is 18.8 Å². The van der Waals surface area contributed by atoms with E-state index < -0.39 is 17.0 Å². The number of nitrogens with zero attached hydrogens (tertiary/aromatic N) is 2. The average molecular weight is 454 g/mol. The second-order valence-electron chi connectivity index (χ2n) is 8.09. The summed E-state index contributed by atoms with van der Waals surface area (Å²) in [6, 6.07) is 7.65. The van der Waals surface area contributed by atoms with E-state index in [1.165, 1.54) is 0 Å². The number of nitrogens with one attached hydrogen (secondary N) is 1. The predicted molar refractivity (Wildman–Crippen MR) is 122 cm³/mol. The molecule has 162 valence electrons. The van der Waals surface area contributed by atoms with Crippen molar-refractivity contribution in [3.8, 4) is 5.75 Å². The third-order valence-electron chi connectivity index (χ3n) is 5.19. The number of aromatic amines is 1. The van der Waals surface area contributed by atoms with Gasteiger partial charge in [-0.05, 0) is 39.8 Å². The Morgan fingerprint density at radius 1 is 1.23 bits per heavy atom. The molecule has 1 fully saturated rings. The molecular weight excluding hydrogens is 425 g/mol. The summed E-state index contributed by atoms with van der Waals surface area (Å²) in [4.78, 5) is 12.1. The minimum atomic E-state index is -1.33. The van der Waals surface area contributed by atoms with Crippen LogP contribution in [0.2, 0.25) is 0 Å². The number of hydrogen-bond donors (Lipinski definition) is 1. The van der Waals surface area contributed by atoms with Crippen molar-refractivity contribution in [1.82, 2.24) is 15.0 Å². The number of para-hydroxylation sites is 2. The molecule has 31 heavy (non-hydrogen) atoms. The van der Waals surface area contributed by atoms with E-state index in [1.54, 1.807) is 6.20 Å². The van der Waals surface area contributed by atoms with Gasteiger partial charge in [0.05, 0.1) is 36.5 Å². The monoisotopic (exact) mass is 453 g/mol. The molecule has 4 rings (SSSR count). The van der Waals surface area contributed by atoms with Crippen molar-refractivity contribution in [2.75, 3.05) is 19.8 Å². The third kappa shape index (κ3) is 5.82. The number of aryl methyl sites for hydroxylation is 1. The number of H-pyrrole nitrogens is 1. The number of imidazole rings is 1. The summed E-state index contributed by atoms with van der Waals surface area (Å²) >= 11 is -1.33. The SMILES string of the molecule is Cc1cnc(C[S+]([O-])c2nc3ccccc3[nH]2)c(C)c1OCC1COC(C)(C)OC1.[NaH]. The Labute approximate surface area is 207 Å². The number of pyridine rings is 1. The quantitative estimate of drug-likeness (QED) is 0.456. The van der Waals surface area contributed by atoms with E-state index in [1.807, 2.05) is 52.0 Å². The van der Waals surface area contributed by atoms with Gasteiger partial charge in [-0.1, -0.05) is 12.1 Å². The Kier molecular flexibility index (Phi) is 8.07. The fraction of sp³-hybridized carbons (Fsp3) is 0.455. The molecule has 1 aliphatic heterocycles. The molecule has 0 bridgehead atoms. The molecule has 1 atom stereocenters. The first kappa shape index (κ1) is 24.5. The summed E-state index contributed by atoms with van der Waals surface area (Å²) in [5.41, 5.74) is 4.27. The molecule has 0 aliphatic carbocycles. The van der Waals surface area contributed by atoms with Gasteiger partial charge in [-0.3, -0.25) is 9.97 Å². The minimum absolute atomic E-state index is 0. The van der Waals surface area contributed by atoms with Gasteiger partial charge in [0.25, 0.3) is 0 Å². The zero-order valence-electron chi connectivity index (χ0n) is 17.7. The molecule has 9 heteroatoms. The number of ether oxygens (including phenoxy) is 3. The fourth-order valence-corrected chi connectivity index (χ4v) is 4.48. The molecule has 1 unspecified atom stereocenters. The van der Waals surface area contributed by atoms with Gasteiger partial charge >= 0.3 is 34.7 Å². The van der Waals surface area contributed by atoms with Crippen LogP contribution in [0.5, 0.6) is 5.75 Å². The van der Waals surface area contributed by atoms with Crippen LogP contribution in [0.1, 0.15) is 30.7 Å². The third-order valence-corrected chi connectivity index (χ3v) is 6.35. The van der Waals surface area contributed by atoms with Gasteiger partial charge in [-0.15, -0.1) is 0 Å². The Bertz CT molecular complexity index is 1000. The van der Waals surface area contributed by atoms with Crippen molar-refractivity contribution in [3.05, 3.63) is 47.3 Å². The first-order valence-corrected chi connectivity index (χ1v) is 11.3. The Hall–Kier alpha value is -1.13. The number of hydrogen-bond acceptors (Lipinski definition) is 6. The molecular formula is C22H28N3NaO4S. The molecule has 1 aromatic carbocycles. The summed E-state index contributed by atoms with van der Waals surface area (Å²) in [6.45, 7) is 9.43. The molecule has 1 N–H and O–H groups in total. The van der Waals surface area contributed by atoms with Crippen molar-refractivity contribution in [1.29, 1.82) is 0 Å². The fourth-order valence-electron chi connectivity index (χ4n) is 3.38. The van der Waals surface area contributed by atoms with Gasteiger partial charge < -0.3 is 18.8 Å². The topological polar surface area (TPSA) is 92.3 Å². The van der Waals surface area contributed by atoms with Crippen LogP contribution in [0.4, 0.5) is 0 Å². The van der Waals surface area contributed by atoms with Gasteiger partial charge in [0.1, 0.15) is 5.75 Å². The molecule has 3 aromatic rings. The molecule has 3 heterocycles. The van der Waals surface area contributed by atoms with Crippen LogP contribution >= 0.6 is 0 Å².